The molecule has 4 rings (SSSR count). The van der Waals surface area contributed by atoms with Crippen LogP contribution >= 0.6 is 0 Å². The van der Waals surface area contributed by atoms with Crippen molar-refractivity contribution in [2.24, 2.45) is 0 Å². The molecule has 0 aliphatic carbocycles. The van der Waals surface area contributed by atoms with Gasteiger partial charge in [0, 0.05) is 5.56 Å². The summed E-state index contributed by atoms with van der Waals surface area (Å²) in [6.45, 7) is -0.0858. The van der Waals surface area contributed by atoms with Crippen molar-refractivity contribution in [1.82, 2.24) is 5.32 Å². The van der Waals surface area contributed by atoms with Crippen molar-refractivity contribution in [2.75, 3.05) is 6.61 Å². The zero-order valence-corrected chi connectivity index (χ0v) is 19.2. The van der Waals surface area contributed by atoms with E-state index in [0.717, 1.165) is 11.1 Å². The maximum atomic E-state index is 12.3. The molecule has 0 atom stereocenters. The molecule has 0 saturated heterocycles. The number of hydrogen-bond acceptors (Lipinski definition) is 6. The zero-order valence-electron chi connectivity index (χ0n) is 19.2. The monoisotopic (exact) mass is 478 g/mol. The second-order valence-electron chi connectivity index (χ2n) is 7.63. The summed E-state index contributed by atoms with van der Waals surface area (Å²) in [5, 5.41) is 12.0. The summed E-state index contributed by atoms with van der Waals surface area (Å²) in [7, 11) is 0. The molecule has 0 fully saturated rings. The van der Waals surface area contributed by atoms with E-state index in [0.29, 0.717) is 22.8 Å². The average Bonchev–Trinajstić information content (AvgIpc) is 3.44. The molecular formula is C29H22N2O5. The van der Waals surface area contributed by atoms with Gasteiger partial charge in [0.05, 0.1) is 12.8 Å². The SMILES string of the molecule is N#C/C(=C\c1ccc(OC(=O)COc2ccccc2-c2ccccc2)cc1)C(=O)NCc1ccco1. The van der Waals surface area contributed by atoms with Crippen molar-refractivity contribution in [3.05, 3.63) is 114 Å². The van der Waals surface area contributed by atoms with Gasteiger partial charge in [-0.05, 0) is 47.5 Å². The van der Waals surface area contributed by atoms with Gasteiger partial charge < -0.3 is 19.2 Å². The molecule has 7 nitrogen and oxygen atoms in total. The van der Waals surface area contributed by atoms with E-state index in [4.69, 9.17) is 13.9 Å². The van der Waals surface area contributed by atoms with Crippen molar-refractivity contribution in [3.8, 4) is 28.7 Å². The number of benzene rings is 3. The number of furan rings is 1. The second-order valence-corrected chi connectivity index (χ2v) is 7.63. The highest BCUT2D eigenvalue weighted by Crippen LogP contribution is 2.29. The largest absolute Gasteiger partial charge is 0.481 e. The van der Waals surface area contributed by atoms with Crippen molar-refractivity contribution < 1.29 is 23.5 Å². The van der Waals surface area contributed by atoms with Crippen LogP contribution in [0.3, 0.4) is 0 Å². The van der Waals surface area contributed by atoms with Crippen LogP contribution in [0.1, 0.15) is 11.3 Å². The third-order valence-corrected chi connectivity index (χ3v) is 5.11. The summed E-state index contributed by atoms with van der Waals surface area (Å²) in [6, 6.07) is 29.0. The Hall–Kier alpha value is -5.09. The minimum Gasteiger partial charge on any atom is -0.481 e. The minimum atomic E-state index is -0.559. The summed E-state index contributed by atoms with van der Waals surface area (Å²) < 4.78 is 16.2. The molecule has 7 heteroatoms. The van der Waals surface area contributed by atoms with E-state index in [2.05, 4.69) is 5.32 Å². The van der Waals surface area contributed by atoms with Crippen LogP contribution in [0, 0.1) is 11.3 Å². The minimum absolute atomic E-state index is 0.0585. The van der Waals surface area contributed by atoms with Crippen LogP contribution in [-0.2, 0) is 16.1 Å². The Morgan fingerprint density at radius 2 is 1.67 bits per heavy atom. The van der Waals surface area contributed by atoms with Gasteiger partial charge in [0.15, 0.2) is 6.61 Å². The van der Waals surface area contributed by atoms with E-state index in [-0.39, 0.29) is 18.7 Å². The van der Waals surface area contributed by atoms with Gasteiger partial charge >= 0.3 is 5.97 Å². The van der Waals surface area contributed by atoms with Gasteiger partial charge in [0.25, 0.3) is 5.91 Å². The van der Waals surface area contributed by atoms with Gasteiger partial charge in [-0.2, -0.15) is 5.26 Å². The number of esters is 1. The van der Waals surface area contributed by atoms with Crippen molar-refractivity contribution in [2.45, 2.75) is 6.54 Å². The molecule has 0 aliphatic rings. The lowest BCUT2D eigenvalue weighted by Gasteiger charge is -2.11. The van der Waals surface area contributed by atoms with Gasteiger partial charge in [-0.1, -0.05) is 60.7 Å². The molecule has 0 saturated carbocycles. The summed E-state index contributed by atoms with van der Waals surface area (Å²) >= 11 is 0. The molecule has 0 radical (unpaired) electrons. The van der Waals surface area contributed by atoms with Gasteiger partial charge in [-0.3, -0.25) is 4.79 Å². The van der Waals surface area contributed by atoms with Crippen LogP contribution in [0.4, 0.5) is 0 Å². The molecule has 4 aromatic rings. The summed E-state index contributed by atoms with van der Waals surface area (Å²) in [5.74, 6) is 0.404. The van der Waals surface area contributed by atoms with Gasteiger partial charge in [-0.25, -0.2) is 4.79 Å². The van der Waals surface area contributed by atoms with Crippen molar-refractivity contribution >= 4 is 18.0 Å². The van der Waals surface area contributed by atoms with Crippen molar-refractivity contribution in [3.63, 3.8) is 0 Å². The number of nitrogens with zero attached hydrogens (tertiary/aromatic N) is 1. The lowest BCUT2D eigenvalue weighted by molar-refractivity contribution is -0.136. The molecule has 0 aliphatic heterocycles. The fraction of sp³-hybridized carbons (Fsp3) is 0.0690. The molecule has 178 valence electrons. The van der Waals surface area contributed by atoms with Crippen LogP contribution in [0.2, 0.25) is 0 Å². The molecule has 0 spiro atoms. The molecule has 1 N–H and O–H groups in total. The van der Waals surface area contributed by atoms with Crippen LogP contribution in [0.25, 0.3) is 17.2 Å². The van der Waals surface area contributed by atoms with E-state index in [1.807, 2.05) is 54.6 Å². The summed E-state index contributed by atoms with van der Waals surface area (Å²) in [5.41, 5.74) is 2.41. The Labute approximate surface area is 208 Å². The molecule has 1 heterocycles. The van der Waals surface area contributed by atoms with Crippen LogP contribution in [0.15, 0.2) is 107 Å². The van der Waals surface area contributed by atoms with Crippen LogP contribution in [0.5, 0.6) is 11.5 Å². The number of nitriles is 1. The molecule has 0 unspecified atom stereocenters. The van der Waals surface area contributed by atoms with E-state index in [1.54, 1.807) is 42.5 Å². The Morgan fingerprint density at radius 1 is 0.917 bits per heavy atom. The number of para-hydroxylation sites is 1. The van der Waals surface area contributed by atoms with Crippen LogP contribution in [-0.4, -0.2) is 18.5 Å². The smallest absolute Gasteiger partial charge is 0.349 e. The number of carbonyl (C=O) groups is 2. The molecule has 0 bridgehead atoms. The van der Waals surface area contributed by atoms with E-state index in [1.165, 1.54) is 12.3 Å². The fourth-order valence-electron chi connectivity index (χ4n) is 3.37. The van der Waals surface area contributed by atoms with Gasteiger partial charge in [0.1, 0.15) is 28.9 Å². The fourth-order valence-corrected chi connectivity index (χ4v) is 3.37. The summed E-state index contributed by atoms with van der Waals surface area (Å²) in [4.78, 5) is 24.6. The van der Waals surface area contributed by atoms with Crippen LogP contribution < -0.4 is 14.8 Å². The topological polar surface area (TPSA) is 102 Å². The zero-order chi connectivity index (χ0) is 25.2. The average molecular weight is 479 g/mol. The summed E-state index contributed by atoms with van der Waals surface area (Å²) in [6.07, 6.45) is 2.96. The second kappa shape index (κ2) is 11.9. The lowest BCUT2D eigenvalue weighted by Crippen LogP contribution is -2.23. The highest BCUT2D eigenvalue weighted by atomic mass is 16.6. The first-order chi connectivity index (χ1) is 17.6. The highest BCUT2D eigenvalue weighted by Gasteiger charge is 2.12. The predicted octanol–water partition coefficient (Wildman–Crippen LogP) is 5.15. The first-order valence-corrected chi connectivity index (χ1v) is 11.1. The number of ether oxygens (including phenoxy) is 2. The molecule has 36 heavy (non-hydrogen) atoms. The third kappa shape index (κ3) is 6.49. The molecule has 1 aromatic heterocycles. The quantitative estimate of drug-likeness (QED) is 0.154. The molecule has 3 aromatic carbocycles. The lowest BCUT2D eigenvalue weighted by atomic mass is 10.1. The molecule has 1 amide bonds. The van der Waals surface area contributed by atoms with E-state index in [9.17, 15) is 14.9 Å². The van der Waals surface area contributed by atoms with E-state index < -0.39 is 11.9 Å². The maximum absolute atomic E-state index is 12.3. The van der Waals surface area contributed by atoms with Gasteiger partial charge in [0.2, 0.25) is 0 Å². The highest BCUT2D eigenvalue weighted by molar-refractivity contribution is 6.01. The Balaban J connectivity index is 1.33. The maximum Gasteiger partial charge on any atom is 0.349 e. The Kier molecular flexibility index (Phi) is 7.92. The normalized spacial score (nSPS) is 10.8. The molecular weight excluding hydrogens is 456 g/mol. The van der Waals surface area contributed by atoms with Gasteiger partial charge in [-0.15, -0.1) is 0 Å². The standard InChI is InChI=1S/C29H22N2O5/c30-18-23(29(33)31-19-25-9-6-16-34-25)17-21-12-14-24(15-13-21)36-28(32)20-35-27-11-5-4-10-26(27)22-7-2-1-3-8-22/h1-17H,19-20H2,(H,31,33)/b23-17+. The number of nitrogens with one attached hydrogen (secondary N) is 1. The third-order valence-electron chi connectivity index (χ3n) is 5.11. The predicted molar refractivity (Wildman–Crippen MR) is 134 cm³/mol. The Bertz CT molecular complexity index is 1390. The number of amides is 1. The van der Waals surface area contributed by atoms with E-state index >= 15 is 0 Å². The number of rotatable bonds is 9. The number of carbonyl (C=O) groups excluding carboxylic acids is 2. The first-order valence-electron chi connectivity index (χ1n) is 11.1. The first kappa shape index (κ1) is 24.0. The number of hydrogen-bond donors (Lipinski definition) is 1. The Morgan fingerprint density at radius 3 is 2.39 bits per heavy atom. The van der Waals surface area contributed by atoms with Crippen molar-refractivity contribution in [1.29, 1.82) is 5.26 Å².